The molecule has 0 spiro atoms. The van der Waals surface area contributed by atoms with E-state index in [1.54, 1.807) is 4.68 Å². The maximum atomic E-state index is 5.80. The first-order valence-electron chi connectivity index (χ1n) is 3.86. The van der Waals surface area contributed by atoms with Gasteiger partial charge >= 0.3 is 0 Å². The van der Waals surface area contributed by atoms with E-state index in [1.807, 2.05) is 13.2 Å². The van der Waals surface area contributed by atoms with Crippen LogP contribution in [0.1, 0.15) is 31.5 Å². The summed E-state index contributed by atoms with van der Waals surface area (Å²) in [5.41, 5.74) is 6.69. The molecule has 1 rings (SSSR count). The highest BCUT2D eigenvalue weighted by Gasteiger charge is 2.07. The van der Waals surface area contributed by atoms with E-state index in [-0.39, 0.29) is 6.04 Å². The second kappa shape index (κ2) is 3.48. The number of rotatable bonds is 3. The molecule has 2 N–H and O–H groups in total. The van der Waals surface area contributed by atoms with Gasteiger partial charge < -0.3 is 5.73 Å². The molecule has 0 aliphatic rings. The Labute approximate surface area is 66.4 Å². The van der Waals surface area contributed by atoms with Crippen molar-refractivity contribution in [2.75, 3.05) is 0 Å². The summed E-state index contributed by atoms with van der Waals surface area (Å²) in [6, 6.07) is 0.0497. The Hall–Kier alpha value is -0.900. The first kappa shape index (κ1) is 8.20. The maximum absolute atomic E-state index is 5.80. The lowest BCUT2D eigenvalue weighted by Crippen LogP contribution is -2.09. The van der Waals surface area contributed by atoms with E-state index in [2.05, 4.69) is 17.2 Å². The van der Waals surface area contributed by atoms with E-state index in [9.17, 15) is 0 Å². The molecule has 0 radical (unpaired) electrons. The van der Waals surface area contributed by atoms with Crippen LogP contribution in [0.4, 0.5) is 0 Å². The number of hydrogen-bond donors (Lipinski definition) is 1. The predicted molar refractivity (Wildman–Crippen MR) is 42.8 cm³/mol. The Morgan fingerprint density at radius 1 is 1.73 bits per heavy atom. The standard InChI is InChI=1S/C7H14N4/c1-3-4-6(8)7-5-11(2)10-9-7/h5-6H,3-4,8H2,1-2H3. The van der Waals surface area contributed by atoms with E-state index in [0.717, 1.165) is 18.5 Å². The minimum atomic E-state index is 0.0497. The van der Waals surface area contributed by atoms with Crippen molar-refractivity contribution in [3.63, 3.8) is 0 Å². The molecule has 1 atom stereocenters. The summed E-state index contributed by atoms with van der Waals surface area (Å²) in [6.45, 7) is 2.11. The molecule has 0 aliphatic carbocycles. The van der Waals surface area contributed by atoms with Gasteiger partial charge in [-0.3, -0.25) is 4.68 Å². The van der Waals surface area contributed by atoms with Gasteiger partial charge in [0.2, 0.25) is 0 Å². The molecule has 1 aromatic rings. The van der Waals surface area contributed by atoms with E-state index < -0.39 is 0 Å². The van der Waals surface area contributed by atoms with Crippen LogP contribution in [0.3, 0.4) is 0 Å². The number of nitrogens with two attached hydrogens (primary N) is 1. The summed E-state index contributed by atoms with van der Waals surface area (Å²) >= 11 is 0. The number of hydrogen-bond acceptors (Lipinski definition) is 3. The molecule has 1 heterocycles. The zero-order valence-electron chi connectivity index (χ0n) is 6.99. The van der Waals surface area contributed by atoms with E-state index in [4.69, 9.17) is 5.73 Å². The van der Waals surface area contributed by atoms with Gasteiger partial charge in [-0.05, 0) is 6.42 Å². The van der Waals surface area contributed by atoms with Crippen molar-refractivity contribution in [3.05, 3.63) is 11.9 Å². The Balaban J connectivity index is 2.60. The highest BCUT2D eigenvalue weighted by atomic mass is 15.4. The molecule has 0 fully saturated rings. The minimum Gasteiger partial charge on any atom is -0.323 e. The minimum absolute atomic E-state index is 0.0497. The second-order valence-corrected chi connectivity index (χ2v) is 2.71. The monoisotopic (exact) mass is 154 g/mol. The Morgan fingerprint density at radius 2 is 2.45 bits per heavy atom. The number of nitrogens with zero attached hydrogens (tertiary/aromatic N) is 3. The van der Waals surface area contributed by atoms with Gasteiger partial charge in [0.05, 0.1) is 11.7 Å². The van der Waals surface area contributed by atoms with Crippen LogP contribution in [0.15, 0.2) is 6.20 Å². The van der Waals surface area contributed by atoms with Crippen molar-refractivity contribution in [3.8, 4) is 0 Å². The van der Waals surface area contributed by atoms with E-state index in [1.165, 1.54) is 0 Å². The summed E-state index contributed by atoms with van der Waals surface area (Å²) in [6.07, 6.45) is 3.91. The second-order valence-electron chi connectivity index (χ2n) is 2.71. The topological polar surface area (TPSA) is 56.7 Å². The molecule has 4 nitrogen and oxygen atoms in total. The quantitative estimate of drug-likeness (QED) is 0.694. The van der Waals surface area contributed by atoms with Crippen LogP contribution in [-0.2, 0) is 7.05 Å². The van der Waals surface area contributed by atoms with Gasteiger partial charge in [0.15, 0.2) is 0 Å². The third-order valence-electron chi connectivity index (χ3n) is 1.60. The van der Waals surface area contributed by atoms with Crippen LogP contribution in [-0.4, -0.2) is 15.0 Å². The summed E-state index contributed by atoms with van der Waals surface area (Å²) < 4.78 is 1.67. The smallest absolute Gasteiger partial charge is 0.0993 e. The fraction of sp³-hybridized carbons (Fsp3) is 0.714. The fourth-order valence-electron chi connectivity index (χ4n) is 0.994. The summed E-state index contributed by atoms with van der Waals surface area (Å²) in [7, 11) is 1.84. The molecule has 4 heteroatoms. The lowest BCUT2D eigenvalue weighted by molar-refractivity contribution is 0.619. The Kier molecular flexibility index (Phi) is 2.59. The van der Waals surface area contributed by atoms with Crippen molar-refractivity contribution < 1.29 is 0 Å². The van der Waals surface area contributed by atoms with Gasteiger partial charge in [0.25, 0.3) is 0 Å². The zero-order chi connectivity index (χ0) is 8.27. The molecule has 0 saturated heterocycles. The maximum Gasteiger partial charge on any atom is 0.0993 e. The Morgan fingerprint density at radius 3 is 2.91 bits per heavy atom. The molecule has 0 aromatic carbocycles. The average Bonchev–Trinajstić information content (AvgIpc) is 2.36. The van der Waals surface area contributed by atoms with E-state index in [0.29, 0.717) is 0 Å². The lowest BCUT2D eigenvalue weighted by Gasteiger charge is -2.03. The molecule has 0 bridgehead atoms. The van der Waals surface area contributed by atoms with Crippen molar-refractivity contribution in [2.45, 2.75) is 25.8 Å². The Bertz CT molecular complexity index is 218. The predicted octanol–water partition coefficient (Wildman–Crippen LogP) is 0.615. The van der Waals surface area contributed by atoms with Gasteiger partial charge in [-0.15, -0.1) is 5.10 Å². The summed E-state index contributed by atoms with van der Waals surface area (Å²) in [4.78, 5) is 0. The van der Waals surface area contributed by atoms with Gasteiger partial charge in [0.1, 0.15) is 0 Å². The average molecular weight is 154 g/mol. The van der Waals surface area contributed by atoms with Crippen LogP contribution in [0, 0.1) is 0 Å². The van der Waals surface area contributed by atoms with Gasteiger partial charge in [-0.2, -0.15) is 0 Å². The van der Waals surface area contributed by atoms with Crippen molar-refractivity contribution in [1.82, 2.24) is 15.0 Å². The molecule has 1 aromatic heterocycles. The molecular formula is C7H14N4. The molecule has 0 amide bonds. The molecule has 62 valence electrons. The summed E-state index contributed by atoms with van der Waals surface area (Å²) in [5, 5.41) is 7.73. The van der Waals surface area contributed by atoms with Crippen LogP contribution in [0.5, 0.6) is 0 Å². The van der Waals surface area contributed by atoms with Gasteiger partial charge in [0, 0.05) is 13.2 Å². The first-order valence-corrected chi connectivity index (χ1v) is 3.86. The SMILES string of the molecule is CCCC(N)c1cn(C)nn1. The number of aromatic nitrogens is 3. The van der Waals surface area contributed by atoms with Crippen LogP contribution < -0.4 is 5.73 Å². The zero-order valence-corrected chi connectivity index (χ0v) is 6.99. The lowest BCUT2D eigenvalue weighted by atomic mass is 10.1. The van der Waals surface area contributed by atoms with Crippen molar-refractivity contribution in [2.24, 2.45) is 12.8 Å². The molecule has 0 saturated carbocycles. The normalized spacial score (nSPS) is 13.4. The third-order valence-corrected chi connectivity index (χ3v) is 1.60. The largest absolute Gasteiger partial charge is 0.323 e. The van der Waals surface area contributed by atoms with Gasteiger partial charge in [-0.25, -0.2) is 0 Å². The van der Waals surface area contributed by atoms with Crippen molar-refractivity contribution in [1.29, 1.82) is 0 Å². The highest BCUT2D eigenvalue weighted by molar-refractivity contribution is 4.98. The number of aryl methyl sites for hydroxylation is 1. The first-order chi connectivity index (χ1) is 5.24. The third kappa shape index (κ3) is 2.01. The highest BCUT2D eigenvalue weighted by Crippen LogP contribution is 2.10. The van der Waals surface area contributed by atoms with Crippen LogP contribution in [0.25, 0.3) is 0 Å². The van der Waals surface area contributed by atoms with Gasteiger partial charge in [-0.1, -0.05) is 18.6 Å². The van der Waals surface area contributed by atoms with Crippen molar-refractivity contribution >= 4 is 0 Å². The van der Waals surface area contributed by atoms with E-state index >= 15 is 0 Å². The van der Waals surface area contributed by atoms with Crippen LogP contribution in [0.2, 0.25) is 0 Å². The molecule has 11 heavy (non-hydrogen) atoms. The molecule has 0 aliphatic heterocycles. The fourth-order valence-corrected chi connectivity index (χ4v) is 0.994. The molecule has 1 unspecified atom stereocenters. The van der Waals surface area contributed by atoms with Crippen LogP contribution >= 0.6 is 0 Å². The molecular weight excluding hydrogens is 140 g/mol. The summed E-state index contributed by atoms with van der Waals surface area (Å²) in [5.74, 6) is 0.